The molecule has 0 fully saturated rings. The van der Waals surface area contributed by atoms with Crippen molar-refractivity contribution in [2.75, 3.05) is 13.2 Å². The van der Waals surface area contributed by atoms with Crippen LogP contribution in [0.2, 0.25) is 10.0 Å². The Labute approximate surface area is 213 Å². The Morgan fingerprint density at radius 3 is 2.59 bits per heavy atom. The molecule has 0 spiro atoms. The molecule has 0 aromatic heterocycles. The number of nitrogens with zero attached hydrogens (tertiary/aromatic N) is 2. The van der Waals surface area contributed by atoms with Crippen LogP contribution >= 0.6 is 35.0 Å². The molecule has 0 saturated carbocycles. The fourth-order valence-corrected chi connectivity index (χ4v) is 4.97. The highest BCUT2D eigenvalue weighted by atomic mass is 35.5. The molecule has 6 nitrogen and oxygen atoms in total. The lowest BCUT2D eigenvalue weighted by Gasteiger charge is -2.33. The van der Waals surface area contributed by atoms with E-state index in [0.29, 0.717) is 46.0 Å². The second-order valence-corrected chi connectivity index (χ2v) is 9.22. The first-order valence-corrected chi connectivity index (χ1v) is 12.5. The Hall–Kier alpha value is -2.61. The summed E-state index contributed by atoms with van der Waals surface area (Å²) in [4.78, 5) is 19.5. The number of allylic oxidation sites excluding steroid dienone is 1. The highest BCUT2D eigenvalue weighted by Gasteiger charge is 2.38. The van der Waals surface area contributed by atoms with Crippen molar-refractivity contribution in [2.45, 2.75) is 33.4 Å². The SMILES string of the molecule is CCOC(=O)C1=C(C)N=C2SC=CN2[C@@H]1c1cc(Cl)c(OCc2ccc(Cl)cc2)c(OCC)c1. The Bertz CT molecular complexity index is 1180. The number of benzene rings is 2. The van der Waals surface area contributed by atoms with Gasteiger partial charge in [0.15, 0.2) is 16.7 Å². The number of ether oxygens (including phenoxy) is 3. The van der Waals surface area contributed by atoms with Gasteiger partial charge in [-0.1, -0.05) is 47.1 Å². The van der Waals surface area contributed by atoms with Gasteiger partial charge in [-0.25, -0.2) is 9.79 Å². The summed E-state index contributed by atoms with van der Waals surface area (Å²) in [5, 5.41) is 3.76. The molecule has 9 heteroatoms. The predicted octanol–water partition coefficient (Wildman–Crippen LogP) is 6.74. The van der Waals surface area contributed by atoms with Gasteiger partial charge in [0.05, 0.1) is 35.5 Å². The Balaban J connectivity index is 1.72. The van der Waals surface area contributed by atoms with Gasteiger partial charge in [0.25, 0.3) is 0 Å². The summed E-state index contributed by atoms with van der Waals surface area (Å²) in [5.41, 5.74) is 2.80. The van der Waals surface area contributed by atoms with Gasteiger partial charge in [-0.3, -0.25) is 0 Å². The minimum atomic E-state index is -0.458. The first kappa shape index (κ1) is 24.5. The number of halogens is 2. The van der Waals surface area contributed by atoms with Crippen molar-refractivity contribution in [3.63, 3.8) is 0 Å². The average Bonchev–Trinajstić information content (AvgIpc) is 3.27. The molecule has 178 valence electrons. The zero-order valence-corrected chi connectivity index (χ0v) is 21.3. The zero-order valence-electron chi connectivity index (χ0n) is 19.0. The van der Waals surface area contributed by atoms with Crippen LogP contribution in [0.5, 0.6) is 11.5 Å². The molecule has 2 aromatic carbocycles. The van der Waals surface area contributed by atoms with Crippen LogP contribution in [0.1, 0.15) is 37.9 Å². The van der Waals surface area contributed by atoms with Crippen LogP contribution in [0.15, 0.2) is 64.3 Å². The summed E-state index contributed by atoms with van der Waals surface area (Å²) in [6.45, 7) is 6.48. The molecule has 2 heterocycles. The smallest absolute Gasteiger partial charge is 0.338 e. The van der Waals surface area contributed by atoms with Crippen molar-refractivity contribution in [3.05, 3.63) is 80.4 Å². The fourth-order valence-electron chi connectivity index (χ4n) is 3.78. The molecule has 0 radical (unpaired) electrons. The van der Waals surface area contributed by atoms with Crippen LogP contribution in [-0.4, -0.2) is 29.3 Å². The zero-order chi connectivity index (χ0) is 24.2. The first-order valence-electron chi connectivity index (χ1n) is 10.8. The van der Waals surface area contributed by atoms with E-state index in [4.69, 9.17) is 37.4 Å². The number of thioether (sulfide) groups is 1. The van der Waals surface area contributed by atoms with Gasteiger partial charge in [-0.15, -0.1) is 0 Å². The molecule has 0 bridgehead atoms. The topological polar surface area (TPSA) is 60.4 Å². The molecule has 4 rings (SSSR count). The van der Waals surface area contributed by atoms with E-state index in [2.05, 4.69) is 4.99 Å². The lowest BCUT2D eigenvalue weighted by atomic mass is 9.94. The quantitative estimate of drug-likeness (QED) is 0.360. The highest BCUT2D eigenvalue weighted by molar-refractivity contribution is 8.16. The van der Waals surface area contributed by atoms with E-state index in [-0.39, 0.29) is 6.61 Å². The predicted molar refractivity (Wildman–Crippen MR) is 136 cm³/mol. The minimum Gasteiger partial charge on any atom is -0.490 e. The second-order valence-electron chi connectivity index (χ2n) is 7.50. The van der Waals surface area contributed by atoms with Gasteiger partial charge in [0, 0.05) is 11.2 Å². The van der Waals surface area contributed by atoms with Crippen molar-refractivity contribution < 1.29 is 19.0 Å². The third-order valence-corrected chi connectivity index (χ3v) is 6.56. The number of carbonyl (C=O) groups excluding carboxylic acids is 1. The van der Waals surface area contributed by atoms with Crippen LogP contribution in [-0.2, 0) is 16.1 Å². The standard InChI is InChI=1S/C25H24Cl2N2O4S/c1-4-31-20-13-17(12-19(27)23(20)33-14-16-6-8-18(26)9-7-16)22-21(24(30)32-5-2)15(3)28-25-29(22)10-11-34-25/h6-13,22H,4-5,14H2,1-3H3/t22-/m1/s1. The number of fused-ring (bicyclic) bond motifs is 1. The fraction of sp³-hybridized carbons (Fsp3) is 0.280. The summed E-state index contributed by atoms with van der Waals surface area (Å²) >= 11 is 14.2. The Morgan fingerprint density at radius 2 is 1.88 bits per heavy atom. The molecule has 0 N–H and O–H groups in total. The maximum absolute atomic E-state index is 12.9. The molecule has 2 aliphatic heterocycles. The molecule has 2 aromatic rings. The monoisotopic (exact) mass is 518 g/mol. The molecule has 0 saturated heterocycles. The van der Waals surface area contributed by atoms with Crippen molar-refractivity contribution in [1.29, 1.82) is 0 Å². The minimum absolute atomic E-state index is 0.270. The van der Waals surface area contributed by atoms with Crippen LogP contribution in [0, 0.1) is 0 Å². The highest BCUT2D eigenvalue weighted by Crippen LogP contribution is 2.45. The molecule has 0 amide bonds. The summed E-state index contributed by atoms with van der Waals surface area (Å²) in [6, 6.07) is 10.6. The largest absolute Gasteiger partial charge is 0.490 e. The molecule has 1 atom stereocenters. The van der Waals surface area contributed by atoms with E-state index >= 15 is 0 Å². The normalized spacial score (nSPS) is 16.9. The third kappa shape index (κ3) is 5.06. The van der Waals surface area contributed by atoms with Crippen LogP contribution in [0.4, 0.5) is 0 Å². The van der Waals surface area contributed by atoms with Crippen LogP contribution in [0.3, 0.4) is 0 Å². The summed E-state index contributed by atoms with van der Waals surface area (Å²) in [5.74, 6) is 0.534. The summed E-state index contributed by atoms with van der Waals surface area (Å²) in [7, 11) is 0. The Morgan fingerprint density at radius 1 is 1.12 bits per heavy atom. The van der Waals surface area contributed by atoms with Crippen LogP contribution < -0.4 is 9.47 Å². The van der Waals surface area contributed by atoms with Crippen molar-refractivity contribution in [2.24, 2.45) is 4.99 Å². The second kappa shape index (κ2) is 10.8. The van der Waals surface area contributed by atoms with E-state index in [0.717, 1.165) is 16.3 Å². The van der Waals surface area contributed by atoms with Gasteiger partial charge >= 0.3 is 5.97 Å². The number of hydrogen-bond acceptors (Lipinski definition) is 7. The van der Waals surface area contributed by atoms with E-state index < -0.39 is 12.0 Å². The number of aliphatic imine (C=N–C) groups is 1. The van der Waals surface area contributed by atoms with Gasteiger partial charge in [-0.2, -0.15) is 0 Å². The van der Waals surface area contributed by atoms with E-state index in [1.807, 2.05) is 60.7 Å². The molecule has 0 aliphatic carbocycles. The van der Waals surface area contributed by atoms with Crippen molar-refractivity contribution >= 4 is 46.1 Å². The number of amidine groups is 1. The molecule has 2 aliphatic rings. The maximum atomic E-state index is 12.9. The number of rotatable bonds is 8. The van der Waals surface area contributed by atoms with E-state index in [1.54, 1.807) is 13.0 Å². The summed E-state index contributed by atoms with van der Waals surface area (Å²) in [6.07, 6.45) is 1.90. The van der Waals surface area contributed by atoms with E-state index in [1.165, 1.54) is 11.8 Å². The molecule has 0 unspecified atom stereocenters. The number of carbonyl (C=O) groups is 1. The van der Waals surface area contributed by atoms with Crippen molar-refractivity contribution in [1.82, 2.24) is 4.90 Å². The Kier molecular flexibility index (Phi) is 7.76. The lowest BCUT2D eigenvalue weighted by molar-refractivity contribution is -0.139. The maximum Gasteiger partial charge on any atom is 0.338 e. The number of hydrogen-bond donors (Lipinski definition) is 0. The van der Waals surface area contributed by atoms with Gasteiger partial charge < -0.3 is 19.1 Å². The van der Waals surface area contributed by atoms with Crippen LogP contribution in [0.25, 0.3) is 0 Å². The van der Waals surface area contributed by atoms with Gasteiger partial charge in [0.2, 0.25) is 0 Å². The van der Waals surface area contributed by atoms with E-state index in [9.17, 15) is 4.79 Å². The van der Waals surface area contributed by atoms with Gasteiger partial charge in [-0.05, 0) is 61.6 Å². The average molecular weight is 519 g/mol. The summed E-state index contributed by atoms with van der Waals surface area (Å²) < 4.78 is 17.3. The number of esters is 1. The molecular formula is C25H24Cl2N2O4S. The lowest BCUT2D eigenvalue weighted by Crippen LogP contribution is -2.34. The third-order valence-electron chi connectivity index (χ3n) is 5.26. The molecule has 34 heavy (non-hydrogen) atoms. The first-order chi connectivity index (χ1) is 16.4. The van der Waals surface area contributed by atoms with Gasteiger partial charge in [0.1, 0.15) is 6.61 Å². The molecular weight excluding hydrogens is 495 g/mol. The van der Waals surface area contributed by atoms with Crippen molar-refractivity contribution in [3.8, 4) is 11.5 Å².